The van der Waals surface area contributed by atoms with E-state index in [1.54, 1.807) is 25.1 Å². The fraction of sp³-hybridized carbons (Fsp3) is 0.200. The van der Waals surface area contributed by atoms with E-state index < -0.39 is 16.8 Å². The smallest absolute Gasteiger partial charge is 0.341 e. The topological polar surface area (TPSA) is 108 Å². The third kappa shape index (κ3) is 5.87. The molecular weight excluding hydrogens is 456 g/mol. The number of amides is 1. The third-order valence-electron chi connectivity index (χ3n) is 4.79. The molecule has 0 aliphatic rings. The molecule has 3 rings (SSSR count). The van der Waals surface area contributed by atoms with Crippen LogP contribution in [0, 0.1) is 17.0 Å². The maximum absolute atomic E-state index is 12.8. The van der Waals surface area contributed by atoms with Crippen LogP contribution in [0.5, 0.6) is 5.75 Å². The number of carbonyl (C=O) groups is 2. The van der Waals surface area contributed by atoms with Gasteiger partial charge in [0.05, 0.1) is 18.1 Å². The van der Waals surface area contributed by atoms with E-state index in [9.17, 15) is 19.7 Å². The van der Waals surface area contributed by atoms with Gasteiger partial charge < -0.3 is 14.8 Å². The summed E-state index contributed by atoms with van der Waals surface area (Å²) < 4.78 is 10.6. The zero-order valence-corrected chi connectivity index (χ0v) is 19.8. The fourth-order valence-electron chi connectivity index (χ4n) is 3.30. The molecule has 1 aromatic heterocycles. The Balaban J connectivity index is 1.88. The van der Waals surface area contributed by atoms with Crippen molar-refractivity contribution in [2.75, 3.05) is 18.5 Å². The Bertz CT molecular complexity index is 1210. The molecule has 0 bridgehead atoms. The Morgan fingerprint density at radius 3 is 2.32 bits per heavy atom. The van der Waals surface area contributed by atoms with E-state index in [0.29, 0.717) is 22.7 Å². The number of ether oxygens (including phenoxy) is 2. The van der Waals surface area contributed by atoms with E-state index in [0.717, 1.165) is 16.2 Å². The molecule has 0 saturated carbocycles. The Labute approximate surface area is 201 Å². The first-order valence-corrected chi connectivity index (χ1v) is 11.4. The summed E-state index contributed by atoms with van der Waals surface area (Å²) in [6, 6.07) is 13.2. The zero-order valence-electron chi connectivity index (χ0n) is 19.0. The number of benzene rings is 2. The summed E-state index contributed by atoms with van der Waals surface area (Å²) >= 11 is 1.24. The molecule has 0 spiro atoms. The fourth-order valence-corrected chi connectivity index (χ4v) is 4.36. The highest BCUT2D eigenvalue weighted by atomic mass is 32.1. The van der Waals surface area contributed by atoms with Crippen molar-refractivity contribution in [3.63, 3.8) is 0 Å². The lowest BCUT2D eigenvalue weighted by Crippen LogP contribution is -2.12. The van der Waals surface area contributed by atoms with Crippen LogP contribution in [0.2, 0.25) is 0 Å². The zero-order chi connectivity index (χ0) is 24.7. The van der Waals surface area contributed by atoms with Gasteiger partial charge in [0, 0.05) is 28.6 Å². The molecule has 0 aliphatic carbocycles. The van der Waals surface area contributed by atoms with Gasteiger partial charge in [-0.25, -0.2) is 4.79 Å². The van der Waals surface area contributed by atoms with Crippen molar-refractivity contribution >= 4 is 40.0 Å². The molecule has 3 aromatic rings. The van der Waals surface area contributed by atoms with E-state index in [2.05, 4.69) is 5.32 Å². The van der Waals surface area contributed by atoms with Crippen molar-refractivity contribution in [2.24, 2.45) is 0 Å². The molecule has 1 N–H and O–H groups in total. The van der Waals surface area contributed by atoms with Crippen LogP contribution < -0.4 is 10.1 Å². The van der Waals surface area contributed by atoms with E-state index >= 15 is 0 Å². The van der Waals surface area contributed by atoms with E-state index in [4.69, 9.17) is 9.47 Å². The maximum Gasteiger partial charge on any atom is 0.341 e. The Morgan fingerprint density at radius 1 is 1.06 bits per heavy atom. The van der Waals surface area contributed by atoms with Crippen LogP contribution in [0.1, 0.15) is 34.6 Å². The number of non-ortho nitro benzene ring substituents is 1. The van der Waals surface area contributed by atoms with Crippen molar-refractivity contribution < 1.29 is 24.0 Å². The van der Waals surface area contributed by atoms with Gasteiger partial charge in [-0.2, -0.15) is 0 Å². The molecule has 0 unspecified atom stereocenters. The molecule has 176 valence electrons. The number of aryl methyl sites for hydroxylation is 1. The highest BCUT2D eigenvalue weighted by Crippen LogP contribution is 2.40. The van der Waals surface area contributed by atoms with Crippen LogP contribution >= 0.6 is 11.3 Å². The summed E-state index contributed by atoms with van der Waals surface area (Å²) in [5.41, 5.74) is 2.18. The SMILES string of the molecule is CCOC(=O)c1c(NC(=O)/C=C/c2ccc(OCC)cc2)sc(C)c1-c1ccc([N+](=O)[O-])cc1. The van der Waals surface area contributed by atoms with Crippen LogP contribution in [0.4, 0.5) is 10.7 Å². The first kappa shape index (κ1) is 24.7. The number of esters is 1. The van der Waals surface area contributed by atoms with Gasteiger partial charge in [0.15, 0.2) is 0 Å². The van der Waals surface area contributed by atoms with Gasteiger partial charge in [-0.3, -0.25) is 14.9 Å². The maximum atomic E-state index is 12.8. The van der Waals surface area contributed by atoms with E-state index in [-0.39, 0.29) is 17.9 Å². The normalized spacial score (nSPS) is 10.8. The van der Waals surface area contributed by atoms with Crippen LogP contribution in [-0.4, -0.2) is 30.0 Å². The summed E-state index contributed by atoms with van der Waals surface area (Å²) in [6.07, 6.45) is 3.04. The molecule has 0 fully saturated rings. The van der Waals surface area contributed by atoms with E-state index in [1.165, 1.54) is 29.5 Å². The van der Waals surface area contributed by atoms with Crippen molar-refractivity contribution in [3.8, 4) is 16.9 Å². The Hall–Kier alpha value is -3.98. The van der Waals surface area contributed by atoms with Gasteiger partial charge in [0.2, 0.25) is 5.91 Å². The minimum absolute atomic E-state index is 0.0535. The molecule has 34 heavy (non-hydrogen) atoms. The largest absolute Gasteiger partial charge is 0.494 e. The average Bonchev–Trinajstić information content (AvgIpc) is 3.14. The van der Waals surface area contributed by atoms with E-state index in [1.807, 2.05) is 38.1 Å². The van der Waals surface area contributed by atoms with Crippen molar-refractivity contribution in [3.05, 3.63) is 80.7 Å². The quantitative estimate of drug-likeness (QED) is 0.178. The molecular formula is C25H24N2O6S. The van der Waals surface area contributed by atoms with Crippen molar-refractivity contribution in [2.45, 2.75) is 20.8 Å². The molecule has 0 atom stereocenters. The molecule has 1 heterocycles. The second-order valence-electron chi connectivity index (χ2n) is 7.09. The second-order valence-corrected chi connectivity index (χ2v) is 8.31. The Kier molecular flexibility index (Phi) is 8.15. The third-order valence-corrected chi connectivity index (χ3v) is 5.81. The van der Waals surface area contributed by atoms with Crippen LogP contribution in [0.3, 0.4) is 0 Å². The number of hydrogen-bond donors (Lipinski definition) is 1. The van der Waals surface area contributed by atoms with Crippen LogP contribution in [0.15, 0.2) is 54.6 Å². The van der Waals surface area contributed by atoms with Crippen molar-refractivity contribution in [1.82, 2.24) is 0 Å². The number of nitrogens with zero attached hydrogens (tertiary/aromatic N) is 1. The number of nitrogens with one attached hydrogen (secondary N) is 1. The Morgan fingerprint density at radius 2 is 1.74 bits per heavy atom. The first-order valence-electron chi connectivity index (χ1n) is 10.6. The average molecular weight is 481 g/mol. The number of carbonyl (C=O) groups excluding carboxylic acids is 2. The highest BCUT2D eigenvalue weighted by molar-refractivity contribution is 7.17. The molecule has 8 nitrogen and oxygen atoms in total. The van der Waals surface area contributed by atoms with Crippen LogP contribution in [0.25, 0.3) is 17.2 Å². The lowest BCUT2D eigenvalue weighted by atomic mass is 10.0. The van der Waals surface area contributed by atoms with Gasteiger partial charge in [-0.15, -0.1) is 11.3 Å². The van der Waals surface area contributed by atoms with Crippen molar-refractivity contribution in [1.29, 1.82) is 0 Å². The summed E-state index contributed by atoms with van der Waals surface area (Å²) in [4.78, 5) is 36.7. The monoisotopic (exact) mass is 480 g/mol. The lowest BCUT2D eigenvalue weighted by molar-refractivity contribution is -0.384. The first-order chi connectivity index (χ1) is 16.3. The summed E-state index contributed by atoms with van der Waals surface area (Å²) in [5.74, 6) is -0.238. The number of nitro groups is 1. The van der Waals surface area contributed by atoms with Gasteiger partial charge in [0.1, 0.15) is 16.3 Å². The van der Waals surface area contributed by atoms with Gasteiger partial charge in [0.25, 0.3) is 5.69 Å². The molecule has 0 saturated heterocycles. The number of thiophene rings is 1. The number of nitro benzene ring substituents is 1. The molecule has 2 aromatic carbocycles. The summed E-state index contributed by atoms with van der Waals surface area (Å²) in [6.45, 7) is 6.15. The molecule has 1 amide bonds. The minimum atomic E-state index is -0.578. The lowest BCUT2D eigenvalue weighted by Gasteiger charge is -2.08. The summed E-state index contributed by atoms with van der Waals surface area (Å²) in [7, 11) is 0. The number of rotatable bonds is 9. The predicted molar refractivity (Wildman–Crippen MR) is 132 cm³/mol. The van der Waals surface area contributed by atoms with Gasteiger partial charge in [-0.05, 0) is 62.2 Å². The summed E-state index contributed by atoms with van der Waals surface area (Å²) in [5, 5.41) is 14.1. The highest BCUT2D eigenvalue weighted by Gasteiger charge is 2.25. The second kappa shape index (κ2) is 11.2. The van der Waals surface area contributed by atoms with Gasteiger partial charge >= 0.3 is 5.97 Å². The molecule has 0 aliphatic heterocycles. The minimum Gasteiger partial charge on any atom is -0.494 e. The molecule has 0 radical (unpaired) electrons. The number of anilines is 1. The molecule has 9 heteroatoms. The van der Waals surface area contributed by atoms with Crippen LogP contribution in [-0.2, 0) is 9.53 Å². The predicted octanol–water partition coefficient (Wildman–Crippen LogP) is 5.86. The number of hydrogen-bond acceptors (Lipinski definition) is 7. The van der Waals surface area contributed by atoms with Gasteiger partial charge in [-0.1, -0.05) is 12.1 Å². The standard InChI is InChI=1S/C25H24N2O6S/c1-4-32-20-13-6-17(7-14-20)8-15-21(28)26-24-23(25(29)33-5-2)22(16(3)34-24)18-9-11-19(12-10-18)27(30)31/h6-15H,4-5H2,1-3H3,(H,26,28)/b15-8+.